The number of aromatic nitrogens is 1. The van der Waals surface area contributed by atoms with Crippen LogP contribution in [0.2, 0.25) is 5.02 Å². The fourth-order valence-electron chi connectivity index (χ4n) is 2.66. The van der Waals surface area contributed by atoms with Gasteiger partial charge in [-0.05, 0) is 55.3 Å². The summed E-state index contributed by atoms with van der Waals surface area (Å²) >= 11 is 9.13. The molecule has 0 aliphatic carbocycles. The minimum absolute atomic E-state index is 0.0698. The maximum Gasteiger partial charge on any atom is 0.249 e. The van der Waals surface area contributed by atoms with Crippen molar-refractivity contribution in [1.29, 1.82) is 0 Å². The fraction of sp³-hybridized carbons (Fsp3) is 0.300. The van der Waals surface area contributed by atoms with Crippen LogP contribution in [0.15, 0.2) is 52.4 Å². The van der Waals surface area contributed by atoms with Crippen molar-refractivity contribution in [2.75, 3.05) is 5.75 Å². The van der Waals surface area contributed by atoms with Crippen LogP contribution in [-0.2, 0) is 11.3 Å². The molecule has 0 unspecified atom stereocenters. The number of thioether (sulfide) groups is 1. The molecular formula is C20H21ClN2OS2. The van der Waals surface area contributed by atoms with E-state index >= 15 is 0 Å². The highest BCUT2D eigenvalue weighted by atomic mass is 35.5. The fourth-order valence-corrected chi connectivity index (χ4v) is 4.79. The molecule has 0 radical (unpaired) electrons. The molecule has 1 heterocycles. The van der Waals surface area contributed by atoms with Crippen molar-refractivity contribution in [2.24, 2.45) is 4.99 Å². The summed E-state index contributed by atoms with van der Waals surface area (Å²) in [5.74, 6) is 0.640. The second-order valence-corrected chi connectivity index (χ2v) is 8.68. The lowest BCUT2D eigenvalue weighted by molar-refractivity contribution is -0.117. The van der Waals surface area contributed by atoms with E-state index in [1.165, 1.54) is 10.3 Å². The molecule has 1 amide bonds. The molecule has 0 saturated carbocycles. The molecule has 0 bridgehead atoms. The Morgan fingerprint density at radius 1 is 1.23 bits per heavy atom. The van der Waals surface area contributed by atoms with Crippen LogP contribution < -0.4 is 4.80 Å². The Morgan fingerprint density at radius 3 is 2.73 bits per heavy atom. The summed E-state index contributed by atoms with van der Waals surface area (Å²) < 4.78 is 3.34. The Hall–Kier alpha value is -1.56. The lowest BCUT2D eigenvalue weighted by Gasteiger charge is -2.03. The Balaban J connectivity index is 1.74. The van der Waals surface area contributed by atoms with E-state index in [0.29, 0.717) is 12.2 Å². The second-order valence-electron chi connectivity index (χ2n) is 6.07. The van der Waals surface area contributed by atoms with Crippen molar-refractivity contribution in [2.45, 2.75) is 38.1 Å². The molecule has 0 atom stereocenters. The van der Waals surface area contributed by atoms with Crippen molar-refractivity contribution in [3.63, 3.8) is 0 Å². The number of carbonyl (C=O) groups excluding carboxylic acids is 1. The first-order valence-corrected chi connectivity index (χ1v) is 10.8. The van der Waals surface area contributed by atoms with Crippen LogP contribution in [0.3, 0.4) is 0 Å². The van der Waals surface area contributed by atoms with E-state index in [1.54, 1.807) is 23.1 Å². The molecule has 0 saturated heterocycles. The first-order chi connectivity index (χ1) is 12.6. The largest absolute Gasteiger partial charge is 0.316 e. The third-order valence-corrected chi connectivity index (χ3v) is 6.21. The average molecular weight is 405 g/mol. The highest BCUT2D eigenvalue weighted by molar-refractivity contribution is 7.99. The van der Waals surface area contributed by atoms with Gasteiger partial charge in [0.1, 0.15) is 0 Å². The predicted molar refractivity (Wildman–Crippen MR) is 112 cm³/mol. The number of nitrogens with zero attached hydrogens (tertiary/aromatic N) is 2. The van der Waals surface area contributed by atoms with Gasteiger partial charge in [0, 0.05) is 28.6 Å². The number of hydrogen-bond donors (Lipinski definition) is 0. The molecule has 0 aliphatic rings. The van der Waals surface area contributed by atoms with Crippen LogP contribution in [0, 0.1) is 6.92 Å². The first kappa shape index (κ1) is 19.2. The molecule has 1 aromatic heterocycles. The van der Waals surface area contributed by atoms with Gasteiger partial charge in [0.2, 0.25) is 5.91 Å². The van der Waals surface area contributed by atoms with E-state index in [-0.39, 0.29) is 5.91 Å². The highest BCUT2D eigenvalue weighted by Gasteiger charge is 2.08. The van der Waals surface area contributed by atoms with Gasteiger partial charge in [-0.2, -0.15) is 4.99 Å². The zero-order valence-electron chi connectivity index (χ0n) is 14.9. The van der Waals surface area contributed by atoms with Gasteiger partial charge in [0.15, 0.2) is 4.80 Å². The smallest absolute Gasteiger partial charge is 0.249 e. The highest BCUT2D eigenvalue weighted by Crippen LogP contribution is 2.21. The molecular weight excluding hydrogens is 384 g/mol. The van der Waals surface area contributed by atoms with Crippen LogP contribution in [0.25, 0.3) is 10.2 Å². The van der Waals surface area contributed by atoms with Crippen LogP contribution in [0.1, 0.15) is 25.3 Å². The molecule has 0 fully saturated rings. The molecule has 0 N–H and O–H groups in total. The van der Waals surface area contributed by atoms with E-state index in [1.807, 2.05) is 24.3 Å². The summed E-state index contributed by atoms with van der Waals surface area (Å²) in [7, 11) is 0. The van der Waals surface area contributed by atoms with Gasteiger partial charge < -0.3 is 4.57 Å². The van der Waals surface area contributed by atoms with Gasteiger partial charge in [-0.1, -0.05) is 35.9 Å². The lowest BCUT2D eigenvalue weighted by Crippen LogP contribution is -2.16. The average Bonchev–Trinajstić information content (AvgIpc) is 2.93. The maximum atomic E-state index is 12.3. The molecule has 3 nitrogen and oxygen atoms in total. The summed E-state index contributed by atoms with van der Waals surface area (Å²) in [5.41, 5.74) is 2.38. The van der Waals surface area contributed by atoms with Gasteiger partial charge in [-0.25, -0.2) is 0 Å². The third kappa shape index (κ3) is 4.78. The second kappa shape index (κ2) is 8.89. The number of aryl methyl sites for hydroxylation is 2. The Morgan fingerprint density at radius 2 is 2.00 bits per heavy atom. The van der Waals surface area contributed by atoms with Gasteiger partial charge in [0.25, 0.3) is 0 Å². The van der Waals surface area contributed by atoms with Gasteiger partial charge >= 0.3 is 0 Å². The number of thiazole rings is 1. The van der Waals surface area contributed by atoms with Crippen LogP contribution in [-0.4, -0.2) is 16.2 Å². The molecule has 3 aromatic rings. The lowest BCUT2D eigenvalue weighted by atomic mass is 10.2. The number of amides is 1. The quantitative estimate of drug-likeness (QED) is 0.495. The van der Waals surface area contributed by atoms with E-state index in [4.69, 9.17) is 11.6 Å². The number of carbonyl (C=O) groups is 1. The summed E-state index contributed by atoms with van der Waals surface area (Å²) in [5, 5.41) is 0.723. The molecule has 136 valence electrons. The standard InChI is InChI=1S/C20H21ClN2OS2/c1-3-11-23-17-9-4-14(2)13-18(17)26-20(23)22-19(24)10-12-25-16-7-5-15(21)6-8-16/h4-9,13H,3,10-12H2,1-2H3. The number of rotatable bonds is 6. The maximum absolute atomic E-state index is 12.3. The first-order valence-electron chi connectivity index (χ1n) is 8.62. The van der Waals surface area contributed by atoms with Crippen molar-refractivity contribution in [1.82, 2.24) is 4.57 Å². The summed E-state index contributed by atoms with van der Waals surface area (Å²) in [6.07, 6.45) is 1.43. The minimum atomic E-state index is -0.0698. The van der Waals surface area contributed by atoms with E-state index in [0.717, 1.165) is 33.2 Å². The number of fused-ring (bicyclic) bond motifs is 1. The molecule has 0 spiro atoms. The zero-order chi connectivity index (χ0) is 18.5. The van der Waals surface area contributed by atoms with Crippen molar-refractivity contribution in [3.8, 4) is 0 Å². The molecule has 26 heavy (non-hydrogen) atoms. The monoisotopic (exact) mass is 404 g/mol. The zero-order valence-corrected chi connectivity index (χ0v) is 17.3. The molecule has 6 heteroatoms. The van der Waals surface area contributed by atoms with Gasteiger partial charge in [-0.15, -0.1) is 11.8 Å². The van der Waals surface area contributed by atoms with Crippen molar-refractivity contribution >= 4 is 50.8 Å². The topological polar surface area (TPSA) is 34.4 Å². The normalized spacial score (nSPS) is 12.0. The van der Waals surface area contributed by atoms with Crippen LogP contribution in [0.5, 0.6) is 0 Å². The Kier molecular flexibility index (Phi) is 6.57. The predicted octanol–water partition coefficient (Wildman–Crippen LogP) is 5.68. The van der Waals surface area contributed by atoms with Gasteiger partial charge in [0.05, 0.1) is 10.2 Å². The summed E-state index contributed by atoms with van der Waals surface area (Å²) in [4.78, 5) is 18.7. The number of benzene rings is 2. The van der Waals surface area contributed by atoms with Crippen LogP contribution in [0.4, 0.5) is 0 Å². The number of halogens is 1. The Labute approximate surface area is 166 Å². The summed E-state index contributed by atoms with van der Waals surface area (Å²) in [6, 6.07) is 14.1. The van der Waals surface area contributed by atoms with Crippen molar-refractivity contribution < 1.29 is 4.79 Å². The van der Waals surface area contributed by atoms with E-state index in [2.05, 4.69) is 41.6 Å². The minimum Gasteiger partial charge on any atom is -0.316 e. The SMILES string of the molecule is CCCn1c(=NC(=O)CCSc2ccc(Cl)cc2)sc2cc(C)ccc21. The number of hydrogen-bond acceptors (Lipinski definition) is 3. The molecule has 0 aliphatic heterocycles. The van der Waals surface area contributed by atoms with Crippen molar-refractivity contribution in [3.05, 3.63) is 57.9 Å². The van der Waals surface area contributed by atoms with E-state index < -0.39 is 0 Å². The molecule has 3 rings (SSSR count). The summed E-state index contributed by atoms with van der Waals surface area (Å²) in [6.45, 7) is 5.09. The third-order valence-electron chi connectivity index (χ3n) is 3.90. The Bertz CT molecular complexity index is 974. The van der Waals surface area contributed by atoms with Gasteiger partial charge in [-0.3, -0.25) is 4.79 Å². The van der Waals surface area contributed by atoms with E-state index in [9.17, 15) is 4.79 Å². The van der Waals surface area contributed by atoms with Crippen LogP contribution >= 0.6 is 34.7 Å². The molecule has 2 aromatic carbocycles.